The maximum Gasteiger partial charge on any atom is 0.255 e. The topological polar surface area (TPSA) is 120 Å². The predicted molar refractivity (Wildman–Crippen MR) is 153 cm³/mol. The quantitative estimate of drug-likeness (QED) is 0.222. The van der Waals surface area contributed by atoms with Crippen LogP contribution >= 0.6 is 0 Å². The molecular weight excluding hydrogens is 542 g/mol. The first-order valence-electron chi connectivity index (χ1n) is 13.3. The molecule has 10 heteroatoms. The number of nitrogens with one attached hydrogen (secondary N) is 1. The Hall–Kier alpha value is -5.12. The Morgan fingerprint density at radius 3 is 2.40 bits per heavy atom. The number of aryl methyl sites for hydroxylation is 1. The number of nitrogens with two attached hydrogens (primary N) is 1. The van der Waals surface area contributed by atoms with Crippen molar-refractivity contribution in [1.82, 2.24) is 15.3 Å². The van der Waals surface area contributed by atoms with E-state index in [2.05, 4.69) is 15.3 Å². The van der Waals surface area contributed by atoms with E-state index in [1.165, 1.54) is 31.4 Å². The van der Waals surface area contributed by atoms with Crippen molar-refractivity contribution in [2.75, 3.05) is 7.11 Å². The highest BCUT2D eigenvalue weighted by Crippen LogP contribution is 2.37. The van der Waals surface area contributed by atoms with Crippen LogP contribution in [0.4, 0.5) is 8.78 Å². The number of benzene rings is 3. The number of halogens is 2. The van der Waals surface area contributed by atoms with Gasteiger partial charge in [-0.05, 0) is 78.6 Å². The van der Waals surface area contributed by atoms with E-state index < -0.39 is 29.5 Å². The summed E-state index contributed by atoms with van der Waals surface area (Å²) in [6, 6.07) is 13.1. The molecule has 0 aliphatic carbocycles. The third-order valence-electron chi connectivity index (χ3n) is 7.12. The van der Waals surface area contributed by atoms with Crippen molar-refractivity contribution in [3.63, 3.8) is 0 Å². The van der Waals surface area contributed by atoms with Gasteiger partial charge in [0.25, 0.3) is 11.8 Å². The molecule has 0 saturated carbocycles. The van der Waals surface area contributed by atoms with Gasteiger partial charge in [-0.25, -0.2) is 18.7 Å². The second-order valence-electron chi connectivity index (χ2n) is 9.79. The van der Waals surface area contributed by atoms with Crippen LogP contribution in [0.5, 0.6) is 5.75 Å². The van der Waals surface area contributed by atoms with Gasteiger partial charge in [-0.1, -0.05) is 13.0 Å². The van der Waals surface area contributed by atoms with Gasteiger partial charge in [0, 0.05) is 24.4 Å². The van der Waals surface area contributed by atoms with Gasteiger partial charge < -0.3 is 20.2 Å². The average molecular weight is 571 g/mol. The standard InChI is InChI=1S/C32H28F2N4O4/c1-4-23(31-36-12-5-13-37-31)38-32(40)22-16-20(17(2)14-25(22)41-3)15-19-8-11-24-26(28(19)34)27(30(35)39)29(42-24)18-6-9-21(33)10-7-18/h5-14,16,23H,4,15H2,1-3H3,(H2,35,39)(H,38,40). The molecular formula is C32H28F2N4O4. The summed E-state index contributed by atoms with van der Waals surface area (Å²) in [7, 11) is 1.47. The number of fused-ring (bicyclic) bond motifs is 1. The molecule has 0 bridgehead atoms. The second kappa shape index (κ2) is 11.8. The summed E-state index contributed by atoms with van der Waals surface area (Å²) in [5, 5.41) is 2.90. The van der Waals surface area contributed by atoms with Gasteiger partial charge in [-0.2, -0.15) is 0 Å². The summed E-state index contributed by atoms with van der Waals surface area (Å²) in [6.45, 7) is 3.75. The Morgan fingerprint density at radius 1 is 1.05 bits per heavy atom. The highest BCUT2D eigenvalue weighted by atomic mass is 19.1. The third-order valence-corrected chi connectivity index (χ3v) is 7.12. The molecule has 0 spiro atoms. The Kier molecular flexibility index (Phi) is 7.97. The van der Waals surface area contributed by atoms with E-state index in [0.29, 0.717) is 29.1 Å². The summed E-state index contributed by atoms with van der Waals surface area (Å²) < 4.78 is 40.9. The zero-order valence-electron chi connectivity index (χ0n) is 23.2. The van der Waals surface area contributed by atoms with Crippen molar-refractivity contribution < 1.29 is 27.5 Å². The zero-order chi connectivity index (χ0) is 30.0. The lowest BCUT2D eigenvalue weighted by atomic mass is 9.95. The van der Waals surface area contributed by atoms with E-state index in [0.717, 1.165) is 5.56 Å². The lowest BCUT2D eigenvalue weighted by Gasteiger charge is -2.18. The van der Waals surface area contributed by atoms with Crippen molar-refractivity contribution in [1.29, 1.82) is 0 Å². The van der Waals surface area contributed by atoms with Crippen LogP contribution < -0.4 is 15.8 Å². The number of amides is 2. The van der Waals surface area contributed by atoms with E-state index in [1.54, 1.807) is 42.7 Å². The van der Waals surface area contributed by atoms with Gasteiger partial charge in [0.15, 0.2) is 0 Å². The van der Waals surface area contributed by atoms with Crippen molar-refractivity contribution in [2.45, 2.75) is 32.7 Å². The second-order valence-corrected chi connectivity index (χ2v) is 9.79. The summed E-state index contributed by atoms with van der Waals surface area (Å²) in [4.78, 5) is 34.4. The molecule has 0 radical (unpaired) electrons. The maximum absolute atomic E-state index is 16.1. The SMILES string of the molecule is CCC(NC(=O)c1cc(Cc2ccc3oc(-c4ccc(F)cc4)c(C(N)=O)c3c2F)c(C)cc1OC)c1ncccn1. The van der Waals surface area contributed by atoms with Gasteiger partial charge >= 0.3 is 0 Å². The molecule has 0 fully saturated rings. The first kappa shape index (κ1) is 28.4. The molecule has 2 heterocycles. The summed E-state index contributed by atoms with van der Waals surface area (Å²) in [5.41, 5.74) is 8.03. The molecule has 214 valence electrons. The highest BCUT2D eigenvalue weighted by Gasteiger charge is 2.26. The largest absolute Gasteiger partial charge is 0.496 e. The molecule has 1 unspecified atom stereocenters. The number of carbonyl (C=O) groups is 2. The molecule has 5 rings (SSSR count). The van der Waals surface area contributed by atoms with Crippen LogP contribution in [0.2, 0.25) is 0 Å². The van der Waals surface area contributed by atoms with Crippen LogP contribution in [0, 0.1) is 18.6 Å². The third kappa shape index (κ3) is 5.43. The molecule has 2 aromatic heterocycles. The van der Waals surface area contributed by atoms with Crippen LogP contribution in [0.3, 0.4) is 0 Å². The van der Waals surface area contributed by atoms with Crippen molar-refractivity contribution in [3.05, 3.63) is 112 Å². The van der Waals surface area contributed by atoms with Crippen molar-refractivity contribution >= 4 is 22.8 Å². The maximum atomic E-state index is 16.1. The Morgan fingerprint density at radius 2 is 1.76 bits per heavy atom. The van der Waals surface area contributed by atoms with Crippen LogP contribution in [0.15, 0.2) is 71.4 Å². The molecule has 3 aromatic carbocycles. The molecule has 5 aromatic rings. The van der Waals surface area contributed by atoms with Crippen molar-refractivity contribution in [3.8, 4) is 17.1 Å². The number of furan rings is 1. The van der Waals surface area contributed by atoms with Gasteiger partial charge in [-0.3, -0.25) is 9.59 Å². The lowest BCUT2D eigenvalue weighted by molar-refractivity contribution is 0.0929. The summed E-state index contributed by atoms with van der Waals surface area (Å²) in [5.74, 6) is -1.50. The Labute approximate surface area is 240 Å². The van der Waals surface area contributed by atoms with E-state index in [4.69, 9.17) is 14.9 Å². The number of methoxy groups -OCH3 is 1. The minimum Gasteiger partial charge on any atom is -0.496 e. The molecule has 0 saturated heterocycles. The van der Waals surface area contributed by atoms with Crippen LogP contribution in [-0.2, 0) is 6.42 Å². The Balaban J connectivity index is 1.53. The van der Waals surface area contributed by atoms with E-state index in [1.807, 2.05) is 13.8 Å². The number of hydrogen-bond acceptors (Lipinski definition) is 6. The molecule has 0 aliphatic rings. The van der Waals surface area contributed by atoms with E-state index in [9.17, 15) is 14.0 Å². The minimum atomic E-state index is -0.878. The molecule has 2 amide bonds. The van der Waals surface area contributed by atoms with Gasteiger partial charge in [-0.15, -0.1) is 0 Å². The lowest BCUT2D eigenvalue weighted by Crippen LogP contribution is -2.29. The smallest absolute Gasteiger partial charge is 0.255 e. The first-order chi connectivity index (χ1) is 20.2. The number of primary amides is 1. The number of ether oxygens (including phenoxy) is 1. The summed E-state index contributed by atoms with van der Waals surface area (Å²) in [6.07, 6.45) is 3.89. The molecule has 1 atom stereocenters. The summed E-state index contributed by atoms with van der Waals surface area (Å²) >= 11 is 0. The Bertz CT molecular complexity index is 1790. The number of hydrogen-bond donors (Lipinski definition) is 2. The molecule has 42 heavy (non-hydrogen) atoms. The number of carbonyl (C=O) groups excluding carboxylic acids is 2. The zero-order valence-corrected chi connectivity index (χ0v) is 23.2. The predicted octanol–water partition coefficient (Wildman–Crippen LogP) is 6.06. The van der Waals surface area contributed by atoms with Gasteiger partial charge in [0.1, 0.15) is 34.6 Å². The fraction of sp³-hybridized carbons (Fsp3) is 0.188. The van der Waals surface area contributed by atoms with E-state index >= 15 is 4.39 Å². The van der Waals surface area contributed by atoms with Crippen LogP contribution in [0.1, 0.15) is 62.6 Å². The average Bonchev–Trinajstić information content (AvgIpc) is 3.39. The fourth-order valence-electron chi connectivity index (χ4n) is 4.91. The molecule has 3 N–H and O–H groups in total. The van der Waals surface area contributed by atoms with Crippen LogP contribution in [-0.4, -0.2) is 28.9 Å². The van der Waals surface area contributed by atoms with Gasteiger partial charge in [0.2, 0.25) is 0 Å². The first-order valence-corrected chi connectivity index (χ1v) is 13.3. The highest BCUT2D eigenvalue weighted by molar-refractivity contribution is 6.11. The fourth-order valence-corrected chi connectivity index (χ4v) is 4.91. The number of aromatic nitrogens is 2. The number of rotatable bonds is 9. The number of nitrogens with zero attached hydrogens (tertiary/aromatic N) is 2. The van der Waals surface area contributed by atoms with Crippen LogP contribution in [0.25, 0.3) is 22.3 Å². The van der Waals surface area contributed by atoms with Crippen molar-refractivity contribution in [2.24, 2.45) is 5.73 Å². The van der Waals surface area contributed by atoms with E-state index in [-0.39, 0.29) is 39.8 Å². The van der Waals surface area contributed by atoms with Gasteiger partial charge in [0.05, 0.1) is 29.7 Å². The molecule has 0 aliphatic heterocycles. The molecule has 8 nitrogen and oxygen atoms in total. The normalized spacial score (nSPS) is 11.8. The minimum absolute atomic E-state index is 0.0565. The monoisotopic (exact) mass is 570 g/mol.